The van der Waals surface area contributed by atoms with Gasteiger partial charge in [-0.15, -0.1) is 0 Å². The Bertz CT molecular complexity index is 2320. The summed E-state index contributed by atoms with van der Waals surface area (Å²) in [5.74, 6) is 1.40. The van der Waals surface area contributed by atoms with Gasteiger partial charge in [0.1, 0.15) is 24.4 Å². The highest BCUT2D eigenvalue weighted by atomic mass is 16.6. The van der Waals surface area contributed by atoms with Crippen molar-refractivity contribution in [2.24, 2.45) is 11.8 Å². The van der Waals surface area contributed by atoms with Gasteiger partial charge in [0.2, 0.25) is 0 Å². The first-order valence-electron chi connectivity index (χ1n) is 20.6. The van der Waals surface area contributed by atoms with Gasteiger partial charge in [0, 0.05) is 45.9 Å². The van der Waals surface area contributed by atoms with Gasteiger partial charge in [-0.25, -0.2) is 9.59 Å². The number of likely N-dealkylation sites (tertiary alicyclic amines) is 2. The van der Waals surface area contributed by atoms with Crippen LogP contribution in [-0.4, -0.2) is 95.6 Å². The Labute approximate surface area is 336 Å². The molecule has 4 aliphatic carbocycles. The van der Waals surface area contributed by atoms with Crippen LogP contribution in [0.2, 0.25) is 0 Å². The van der Waals surface area contributed by atoms with E-state index in [-0.39, 0.29) is 22.7 Å². The number of carbonyl (C=O) groups is 2. The van der Waals surface area contributed by atoms with Crippen LogP contribution in [0.5, 0.6) is 23.0 Å². The molecule has 0 amide bonds. The molecule has 294 valence electrons. The Morgan fingerprint density at radius 3 is 1.43 bits per heavy atom. The van der Waals surface area contributed by atoms with Crippen molar-refractivity contribution < 1.29 is 38.7 Å². The molecule has 4 aliphatic heterocycles. The van der Waals surface area contributed by atoms with Crippen LogP contribution in [0.1, 0.15) is 55.8 Å². The maximum atomic E-state index is 13.6. The summed E-state index contributed by atoms with van der Waals surface area (Å²) in [6.07, 6.45) is 9.30. The average molecular weight is 777 g/mol. The summed E-state index contributed by atoms with van der Waals surface area (Å²) in [6.45, 7) is 1.83. The highest BCUT2D eigenvalue weighted by molar-refractivity contribution is 5.93. The van der Waals surface area contributed by atoms with Gasteiger partial charge in [0.15, 0.2) is 23.0 Å². The van der Waals surface area contributed by atoms with Crippen LogP contribution in [0.25, 0.3) is 11.1 Å². The van der Waals surface area contributed by atoms with E-state index < -0.39 is 36.4 Å². The van der Waals surface area contributed by atoms with Gasteiger partial charge in [0.05, 0.1) is 11.1 Å². The minimum atomic E-state index is -0.732. The fraction of sp³-hybridized carbons (Fsp3) is 0.375. The fourth-order valence-electron chi connectivity index (χ4n) is 12.5. The van der Waals surface area contributed by atoms with Gasteiger partial charge in [-0.05, 0) is 112 Å². The molecule has 4 bridgehead atoms. The monoisotopic (exact) mass is 776 g/mol. The van der Waals surface area contributed by atoms with Gasteiger partial charge in [-0.2, -0.15) is 0 Å². The maximum absolute atomic E-state index is 13.6. The molecule has 4 aromatic carbocycles. The van der Waals surface area contributed by atoms with Crippen LogP contribution in [0.3, 0.4) is 0 Å². The van der Waals surface area contributed by atoms with Crippen molar-refractivity contribution >= 4 is 11.9 Å². The van der Waals surface area contributed by atoms with Crippen molar-refractivity contribution in [1.82, 2.24) is 9.80 Å². The molecule has 10 heteroatoms. The second kappa shape index (κ2) is 12.1. The second-order valence-electron chi connectivity index (χ2n) is 17.8. The van der Waals surface area contributed by atoms with Crippen molar-refractivity contribution in [2.75, 3.05) is 27.2 Å². The molecule has 0 radical (unpaired) electrons. The number of nitrogens with zero attached hydrogens (tertiary/aromatic N) is 2. The highest BCUT2D eigenvalue weighted by Gasteiger charge is 2.66. The summed E-state index contributed by atoms with van der Waals surface area (Å²) in [5.41, 5.74) is 6.46. The Hall–Kier alpha value is -5.26. The van der Waals surface area contributed by atoms with E-state index in [1.54, 1.807) is 24.3 Å². The Morgan fingerprint density at radius 2 is 1.02 bits per heavy atom. The molecular formula is C48H44N2O8. The molecule has 2 N–H and O–H groups in total. The summed E-state index contributed by atoms with van der Waals surface area (Å²) in [7, 11) is 4.35. The molecular weight excluding hydrogens is 733 g/mol. The van der Waals surface area contributed by atoms with E-state index in [0.717, 1.165) is 61.0 Å². The summed E-state index contributed by atoms with van der Waals surface area (Å²) in [6, 6.07) is 22.9. The number of aliphatic hydroxyl groups is 2. The third-order valence-electron chi connectivity index (χ3n) is 15.2. The molecule has 2 spiro atoms. The summed E-state index contributed by atoms with van der Waals surface area (Å²) < 4.78 is 25.2. The highest BCUT2D eigenvalue weighted by Crippen LogP contribution is 2.64. The van der Waals surface area contributed by atoms with Crippen LogP contribution >= 0.6 is 0 Å². The third kappa shape index (κ3) is 4.52. The van der Waals surface area contributed by atoms with Gasteiger partial charge in [0.25, 0.3) is 0 Å². The molecule has 4 unspecified atom stereocenters. The van der Waals surface area contributed by atoms with Crippen molar-refractivity contribution in [1.29, 1.82) is 0 Å². The Morgan fingerprint density at radius 1 is 0.603 bits per heavy atom. The second-order valence-corrected chi connectivity index (χ2v) is 17.8. The largest absolute Gasteiger partial charge is 0.482 e. The summed E-state index contributed by atoms with van der Waals surface area (Å²) in [4.78, 5) is 32.0. The molecule has 10 nitrogen and oxygen atoms in total. The van der Waals surface area contributed by atoms with Crippen LogP contribution in [0.15, 0.2) is 97.1 Å². The van der Waals surface area contributed by atoms with Crippen molar-refractivity contribution in [3.05, 3.63) is 130 Å². The van der Waals surface area contributed by atoms with E-state index in [1.807, 2.05) is 48.6 Å². The van der Waals surface area contributed by atoms with Gasteiger partial charge in [-0.3, -0.25) is 0 Å². The Balaban J connectivity index is 0.760. The lowest BCUT2D eigenvalue weighted by Gasteiger charge is -2.56. The van der Waals surface area contributed by atoms with Crippen LogP contribution in [0.4, 0.5) is 0 Å². The van der Waals surface area contributed by atoms with Crippen LogP contribution in [0, 0.1) is 11.8 Å². The standard InChI is InChI=1S/C48H44N2O8/c1-49-21-19-47-31-13-15-35(51)43(47)57-41-37(17-11-29(39(41)47)23-33(31)49)55-45(53)27-7-3-25(4-8-27)26-5-9-28(10-6-26)46(54)56-38-18-12-30-24-34-32-14-16-36(52)44-48(32,20-22-50(34)2)40(30)42(38)58-44/h3-18,31-36,43-44,51-52H,19-24H2,1-2H3/t31?,32?,33-,34-,35?,36?,43+,44+,47+,48+/m1/s1. The molecule has 12 rings (SSSR count). The van der Waals surface area contributed by atoms with Crippen molar-refractivity contribution in [3.8, 4) is 34.1 Å². The van der Waals surface area contributed by atoms with E-state index in [0.29, 0.717) is 46.2 Å². The van der Waals surface area contributed by atoms with Gasteiger partial charge in [-0.1, -0.05) is 60.7 Å². The first-order chi connectivity index (χ1) is 28.2. The van der Waals surface area contributed by atoms with Crippen molar-refractivity contribution in [3.63, 3.8) is 0 Å². The number of ether oxygens (including phenoxy) is 4. The van der Waals surface area contributed by atoms with Gasteiger partial charge < -0.3 is 39.0 Å². The summed E-state index contributed by atoms with van der Waals surface area (Å²) in [5, 5.41) is 22.2. The van der Waals surface area contributed by atoms with E-state index in [2.05, 4.69) is 48.2 Å². The topological polar surface area (TPSA) is 118 Å². The van der Waals surface area contributed by atoms with Crippen LogP contribution < -0.4 is 18.9 Å². The molecule has 10 atom stereocenters. The number of aliphatic hydroxyl groups excluding tert-OH is 2. The first kappa shape index (κ1) is 34.8. The minimum absolute atomic E-state index is 0.224. The lowest BCUT2D eigenvalue weighted by Crippen LogP contribution is -2.64. The number of hydrogen-bond acceptors (Lipinski definition) is 10. The molecule has 2 saturated heterocycles. The zero-order valence-corrected chi connectivity index (χ0v) is 32.3. The van der Waals surface area contributed by atoms with Gasteiger partial charge >= 0.3 is 11.9 Å². The number of hydrogen-bond donors (Lipinski definition) is 2. The zero-order valence-electron chi connectivity index (χ0n) is 32.3. The van der Waals surface area contributed by atoms with Crippen molar-refractivity contribution in [2.45, 2.75) is 73.0 Å². The quantitative estimate of drug-likeness (QED) is 0.155. The zero-order chi connectivity index (χ0) is 39.2. The third-order valence-corrected chi connectivity index (χ3v) is 15.2. The smallest absolute Gasteiger partial charge is 0.343 e. The summed E-state index contributed by atoms with van der Waals surface area (Å²) >= 11 is 0. The number of piperidine rings is 2. The number of esters is 2. The van der Waals surface area contributed by atoms with Crippen LogP contribution in [-0.2, 0) is 23.7 Å². The lowest BCUT2D eigenvalue weighted by molar-refractivity contribution is -0.0453. The predicted octanol–water partition coefficient (Wildman–Crippen LogP) is 5.40. The normalized spacial score (nSPS) is 34.1. The number of rotatable bonds is 5. The first-order valence-corrected chi connectivity index (χ1v) is 20.6. The predicted molar refractivity (Wildman–Crippen MR) is 214 cm³/mol. The lowest BCUT2D eigenvalue weighted by atomic mass is 9.53. The maximum Gasteiger partial charge on any atom is 0.343 e. The Kier molecular flexibility index (Phi) is 7.28. The van der Waals surface area contributed by atoms with E-state index in [4.69, 9.17) is 18.9 Å². The van der Waals surface area contributed by atoms with E-state index >= 15 is 0 Å². The van der Waals surface area contributed by atoms with E-state index in [1.165, 1.54) is 11.1 Å². The molecule has 8 aliphatic rings. The average Bonchev–Trinajstić information content (AvgIpc) is 3.78. The fourth-order valence-corrected chi connectivity index (χ4v) is 12.5. The molecule has 0 saturated carbocycles. The molecule has 0 aromatic heterocycles. The number of benzene rings is 4. The minimum Gasteiger partial charge on any atom is -0.482 e. The molecule has 4 aromatic rings. The molecule has 58 heavy (non-hydrogen) atoms. The van der Waals surface area contributed by atoms with E-state index in [9.17, 15) is 19.8 Å². The SMILES string of the molecule is CN1CC[C@]23c4c5ccc(OC(=O)c6ccc(-c7ccc(C(=O)Oc8ccc9c%10c8O[C@H]8C(O)C=CC%11[C@@H](C9)N(C)CC[C@@]%10%118)cc7)cc6)c4O[C@H]2C(O)C=CC3[C@H]1C5. The molecule has 4 heterocycles. The molecule has 2 fully saturated rings. The number of carbonyl (C=O) groups excluding carboxylic acids is 2. The number of likely N-dealkylation sites (N-methyl/N-ethyl adjacent to an activating group) is 2.